The molecule has 0 radical (unpaired) electrons. The van der Waals surface area contributed by atoms with Gasteiger partial charge in [0.2, 0.25) is 0 Å². The smallest absolute Gasteiger partial charge is 0.351 e. The number of carbonyl (C=O) groups excluding carboxylic acids is 1. The van der Waals surface area contributed by atoms with Crippen LogP contribution in [0.15, 0.2) is 28.5 Å². The third-order valence-corrected chi connectivity index (χ3v) is 2.26. The summed E-state index contributed by atoms with van der Waals surface area (Å²) in [7, 11) is 0. The van der Waals surface area contributed by atoms with Crippen LogP contribution in [0.1, 0.15) is 5.56 Å². The number of phenolic OH excluding ortho intramolecular Hbond substituents is 1. The number of phenols is 1. The molecule has 0 amide bonds. The maximum Gasteiger partial charge on any atom is 0.351 e. The van der Waals surface area contributed by atoms with Crippen molar-refractivity contribution in [1.82, 2.24) is 0 Å². The van der Waals surface area contributed by atoms with Crippen molar-refractivity contribution in [3.63, 3.8) is 0 Å². The molecule has 0 saturated heterocycles. The Kier molecular flexibility index (Phi) is 4.71. The third-order valence-electron chi connectivity index (χ3n) is 2.26. The Morgan fingerprint density at radius 2 is 2.26 bits per heavy atom. The van der Waals surface area contributed by atoms with Gasteiger partial charge in [0.1, 0.15) is 0 Å². The van der Waals surface area contributed by atoms with Gasteiger partial charge in [-0.3, -0.25) is 10.1 Å². The number of benzene rings is 1. The summed E-state index contributed by atoms with van der Waals surface area (Å²) in [6.45, 7) is 0. The number of hydrogen-bond acceptors (Lipinski definition) is 8. The van der Waals surface area contributed by atoms with Crippen molar-refractivity contribution in [1.29, 1.82) is 0 Å². The molecule has 10 nitrogen and oxygen atoms in total. The molecule has 0 heterocycles. The fraction of sp³-hybridized carbons (Fsp3) is 0.222. The first-order valence-corrected chi connectivity index (χ1v) is 4.96. The first-order chi connectivity index (χ1) is 8.99. The quantitative estimate of drug-likeness (QED) is 0.291. The standard InChI is InChI=1S/C9H11N5O5/c10-13-12-6(9(16)19-11)3-5-1-2-8(15)7(4-5)14(17)18/h1-2,4,6,15H,3,11H2,(H2,10,12)/t6-/m0/s1. The van der Waals surface area contributed by atoms with Gasteiger partial charge in [-0.2, -0.15) is 11.0 Å². The molecule has 102 valence electrons. The summed E-state index contributed by atoms with van der Waals surface area (Å²) in [6, 6.07) is 2.53. The Bertz CT molecular complexity index is 518. The van der Waals surface area contributed by atoms with Crippen LogP contribution >= 0.6 is 0 Å². The summed E-state index contributed by atoms with van der Waals surface area (Å²) in [5.41, 5.74) is -0.116. The van der Waals surface area contributed by atoms with Crippen LogP contribution in [0.4, 0.5) is 5.69 Å². The number of nitro groups is 1. The lowest BCUT2D eigenvalue weighted by Gasteiger charge is -2.08. The van der Waals surface area contributed by atoms with E-state index in [0.717, 1.165) is 12.1 Å². The minimum Gasteiger partial charge on any atom is -0.502 e. The number of carbonyl (C=O) groups is 1. The van der Waals surface area contributed by atoms with Crippen molar-refractivity contribution < 1.29 is 19.7 Å². The van der Waals surface area contributed by atoms with Crippen LogP contribution in [0, 0.1) is 10.1 Å². The van der Waals surface area contributed by atoms with Crippen molar-refractivity contribution >= 4 is 11.7 Å². The second kappa shape index (κ2) is 6.26. The number of hydrogen-bond donors (Lipinski definition) is 3. The van der Waals surface area contributed by atoms with Gasteiger partial charge in [-0.15, -0.1) is 0 Å². The molecule has 1 aromatic rings. The Hall–Kier alpha value is -2.75. The van der Waals surface area contributed by atoms with Crippen LogP contribution in [0.5, 0.6) is 5.75 Å². The molecule has 0 aliphatic carbocycles. The van der Waals surface area contributed by atoms with Gasteiger partial charge >= 0.3 is 11.7 Å². The highest BCUT2D eigenvalue weighted by Crippen LogP contribution is 2.27. The summed E-state index contributed by atoms with van der Waals surface area (Å²) < 4.78 is 0. The van der Waals surface area contributed by atoms with Crippen molar-refractivity contribution in [2.24, 2.45) is 22.1 Å². The van der Waals surface area contributed by atoms with E-state index in [1.54, 1.807) is 0 Å². The lowest BCUT2D eigenvalue weighted by molar-refractivity contribution is -0.385. The molecule has 0 bridgehead atoms. The van der Waals surface area contributed by atoms with Gasteiger partial charge in [0.15, 0.2) is 11.8 Å². The molecule has 10 heteroatoms. The van der Waals surface area contributed by atoms with Crippen molar-refractivity contribution in [2.75, 3.05) is 0 Å². The monoisotopic (exact) mass is 269 g/mol. The Balaban J connectivity index is 3.00. The van der Waals surface area contributed by atoms with E-state index in [2.05, 4.69) is 15.2 Å². The fourth-order valence-electron chi connectivity index (χ4n) is 1.40. The highest BCUT2D eigenvalue weighted by Gasteiger charge is 2.22. The number of nitrogens with zero attached hydrogens (tertiary/aromatic N) is 3. The molecule has 0 aromatic heterocycles. The van der Waals surface area contributed by atoms with Gasteiger partial charge in [-0.05, 0) is 11.6 Å². The second-order valence-corrected chi connectivity index (χ2v) is 3.47. The zero-order valence-corrected chi connectivity index (χ0v) is 9.59. The molecule has 0 saturated carbocycles. The molecule has 5 N–H and O–H groups in total. The average molecular weight is 269 g/mol. The van der Waals surface area contributed by atoms with Crippen LogP contribution in [0.2, 0.25) is 0 Å². The number of nitro benzene ring substituents is 1. The molecular weight excluding hydrogens is 258 g/mol. The summed E-state index contributed by atoms with van der Waals surface area (Å²) in [5, 5.41) is 26.3. The predicted molar refractivity (Wildman–Crippen MR) is 61.6 cm³/mol. The van der Waals surface area contributed by atoms with Gasteiger partial charge in [0.05, 0.1) is 4.92 Å². The summed E-state index contributed by atoms with van der Waals surface area (Å²) >= 11 is 0. The van der Waals surface area contributed by atoms with E-state index in [9.17, 15) is 20.0 Å². The van der Waals surface area contributed by atoms with Crippen LogP contribution in [-0.2, 0) is 16.1 Å². The molecule has 0 aliphatic heterocycles. The number of aromatic hydroxyl groups is 1. The third kappa shape index (κ3) is 3.61. The average Bonchev–Trinajstić information content (AvgIpc) is 2.39. The first-order valence-electron chi connectivity index (χ1n) is 4.96. The zero-order valence-electron chi connectivity index (χ0n) is 9.59. The fourth-order valence-corrected chi connectivity index (χ4v) is 1.40. The Morgan fingerprint density at radius 3 is 2.79 bits per heavy atom. The number of nitrogens with two attached hydrogens (primary N) is 2. The van der Waals surface area contributed by atoms with E-state index in [4.69, 9.17) is 11.7 Å². The van der Waals surface area contributed by atoms with E-state index in [1.807, 2.05) is 0 Å². The predicted octanol–water partition coefficient (Wildman–Crippen LogP) is -0.0457. The maximum absolute atomic E-state index is 11.3. The Morgan fingerprint density at radius 1 is 1.58 bits per heavy atom. The van der Waals surface area contributed by atoms with Crippen LogP contribution in [0.25, 0.3) is 0 Å². The van der Waals surface area contributed by atoms with Gasteiger partial charge in [-0.1, -0.05) is 11.3 Å². The molecule has 0 spiro atoms. The zero-order chi connectivity index (χ0) is 14.4. The van der Waals surface area contributed by atoms with Crippen molar-refractivity contribution in [3.05, 3.63) is 33.9 Å². The molecule has 1 aromatic carbocycles. The van der Waals surface area contributed by atoms with Gasteiger partial charge in [0.25, 0.3) is 0 Å². The van der Waals surface area contributed by atoms with Crippen LogP contribution < -0.4 is 11.7 Å². The molecule has 0 unspecified atom stereocenters. The lowest BCUT2D eigenvalue weighted by Crippen LogP contribution is -2.26. The van der Waals surface area contributed by atoms with E-state index in [1.165, 1.54) is 6.07 Å². The SMILES string of the molecule is NN=N[C@@H](Cc1ccc(O)c([N+](=O)[O-])c1)C(=O)ON. The molecule has 1 rings (SSSR count). The summed E-state index contributed by atoms with van der Waals surface area (Å²) in [4.78, 5) is 25.2. The van der Waals surface area contributed by atoms with Gasteiger partial charge in [0, 0.05) is 12.5 Å². The molecule has 0 fully saturated rings. The molecular formula is C9H11N5O5. The van der Waals surface area contributed by atoms with Gasteiger partial charge < -0.3 is 15.8 Å². The van der Waals surface area contributed by atoms with E-state index < -0.39 is 28.4 Å². The van der Waals surface area contributed by atoms with Crippen molar-refractivity contribution in [2.45, 2.75) is 12.5 Å². The number of rotatable bonds is 5. The molecule has 19 heavy (non-hydrogen) atoms. The molecule has 1 atom stereocenters. The minimum atomic E-state index is -1.11. The first kappa shape index (κ1) is 14.3. The lowest BCUT2D eigenvalue weighted by atomic mass is 10.1. The maximum atomic E-state index is 11.3. The van der Waals surface area contributed by atoms with E-state index in [0.29, 0.717) is 5.56 Å². The van der Waals surface area contributed by atoms with Crippen LogP contribution in [-0.4, -0.2) is 22.0 Å². The molecule has 0 aliphatic rings. The van der Waals surface area contributed by atoms with Gasteiger partial charge in [-0.25, -0.2) is 4.79 Å². The minimum absolute atomic E-state index is 0.0577. The highest BCUT2D eigenvalue weighted by molar-refractivity contribution is 5.76. The normalized spacial score (nSPS) is 12.3. The second-order valence-electron chi connectivity index (χ2n) is 3.47. The van der Waals surface area contributed by atoms with E-state index >= 15 is 0 Å². The van der Waals surface area contributed by atoms with E-state index in [-0.39, 0.29) is 6.42 Å². The highest BCUT2D eigenvalue weighted by atomic mass is 16.7. The van der Waals surface area contributed by atoms with Crippen LogP contribution in [0.3, 0.4) is 0 Å². The topological polar surface area (TPSA) is 166 Å². The summed E-state index contributed by atoms with van der Waals surface area (Å²) in [6.07, 6.45) is -0.0577. The largest absolute Gasteiger partial charge is 0.502 e. The Labute approximate surface area is 106 Å². The summed E-state index contributed by atoms with van der Waals surface area (Å²) in [5.74, 6) is 8.19. The van der Waals surface area contributed by atoms with Crippen molar-refractivity contribution in [3.8, 4) is 5.75 Å².